The molecule has 3 aromatic heterocycles. The van der Waals surface area contributed by atoms with Gasteiger partial charge in [-0.25, -0.2) is 14.4 Å². The Morgan fingerprint density at radius 2 is 1.69 bits per heavy atom. The number of carbonyl (C=O) groups excluding carboxylic acids is 5. The number of hydrogen-bond acceptors (Lipinski definition) is 14. The molecule has 1 unspecified atom stereocenters. The van der Waals surface area contributed by atoms with Gasteiger partial charge in [-0.2, -0.15) is 10.1 Å². The lowest BCUT2D eigenvalue weighted by molar-refractivity contribution is -0.136. The number of carbonyl (C=O) groups is 5. The second kappa shape index (κ2) is 17.6. The first-order valence-corrected chi connectivity index (χ1v) is 22.1. The van der Waals surface area contributed by atoms with Gasteiger partial charge in [0.05, 0.1) is 23.4 Å². The predicted octanol–water partition coefficient (Wildman–Crippen LogP) is 5.10. The van der Waals surface area contributed by atoms with E-state index in [4.69, 9.17) is 9.62 Å². The van der Waals surface area contributed by atoms with Crippen molar-refractivity contribution in [2.24, 2.45) is 5.92 Å². The highest BCUT2D eigenvalue weighted by molar-refractivity contribution is 6.23. The van der Waals surface area contributed by atoms with Crippen LogP contribution in [0.3, 0.4) is 0 Å². The number of fused-ring (bicyclic) bond motifs is 1. The predicted molar refractivity (Wildman–Crippen MR) is 235 cm³/mol. The number of aryl methyl sites for hydroxylation is 1. The second-order valence-corrected chi connectivity index (χ2v) is 18.3. The maximum Gasteiger partial charge on any atom is 0.292 e. The van der Waals surface area contributed by atoms with Crippen LogP contribution in [0, 0.1) is 18.7 Å². The highest BCUT2D eigenvalue weighted by Crippen LogP contribution is 2.33. The third-order valence-electron chi connectivity index (χ3n) is 12.8. The Hall–Kier alpha value is -6.89. The fourth-order valence-corrected chi connectivity index (χ4v) is 9.03. The number of benzene rings is 2. The van der Waals surface area contributed by atoms with Crippen molar-refractivity contribution in [3.63, 3.8) is 0 Å². The molecule has 9 rings (SSSR count). The number of aromatic nitrogens is 6. The Bertz CT molecular complexity index is 2680. The molecule has 19 heteroatoms. The number of likely N-dealkylation sites (tertiary alicyclic amines) is 1. The molecule has 0 radical (unpaired) electrons. The molecule has 0 spiro atoms. The molecule has 3 fully saturated rings. The number of amides is 5. The van der Waals surface area contributed by atoms with Gasteiger partial charge in [0.2, 0.25) is 23.7 Å². The zero-order valence-corrected chi connectivity index (χ0v) is 36.8. The molecule has 3 N–H and O–H groups in total. The third-order valence-corrected chi connectivity index (χ3v) is 12.8. The van der Waals surface area contributed by atoms with E-state index >= 15 is 4.39 Å². The van der Waals surface area contributed by atoms with E-state index in [2.05, 4.69) is 45.9 Å². The van der Waals surface area contributed by atoms with Gasteiger partial charge < -0.3 is 25.0 Å². The zero-order valence-electron chi connectivity index (χ0n) is 36.8. The number of halogens is 1. The van der Waals surface area contributed by atoms with Crippen molar-refractivity contribution in [2.75, 3.05) is 42.9 Å². The highest BCUT2D eigenvalue weighted by atomic mass is 19.1. The van der Waals surface area contributed by atoms with Crippen LogP contribution in [0.15, 0.2) is 59.4 Å². The van der Waals surface area contributed by atoms with Crippen LogP contribution in [-0.2, 0) is 21.5 Å². The van der Waals surface area contributed by atoms with Gasteiger partial charge in [-0.1, -0.05) is 38.1 Å². The number of anilines is 3. The van der Waals surface area contributed by atoms with Gasteiger partial charge in [0.25, 0.3) is 23.5 Å². The minimum atomic E-state index is -0.983. The van der Waals surface area contributed by atoms with Gasteiger partial charge in [0.15, 0.2) is 11.6 Å². The van der Waals surface area contributed by atoms with Crippen molar-refractivity contribution in [1.29, 1.82) is 0 Å². The summed E-state index contributed by atoms with van der Waals surface area (Å²) in [5.74, 6) is -1.38. The minimum absolute atomic E-state index is 0.0366. The van der Waals surface area contributed by atoms with Crippen molar-refractivity contribution < 1.29 is 32.9 Å². The molecular formula is C46H51FN12O6. The summed E-state index contributed by atoms with van der Waals surface area (Å²) >= 11 is 0. The topological polar surface area (TPSA) is 214 Å². The van der Waals surface area contributed by atoms with Crippen molar-refractivity contribution >= 4 is 47.0 Å². The van der Waals surface area contributed by atoms with Gasteiger partial charge in [-0.3, -0.25) is 38.9 Å². The first kappa shape index (κ1) is 43.4. The van der Waals surface area contributed by atoms with Gasteiger partial charge in [-0.05, 0) is 80.3 Å². The molecule has 5 aromatic rings. The summed E-state index contributed by atoms with van der Waals surface area (Å²) in [6.07, 6.45) is 7.19. The lowest BCUT2D eigenvalue weighted by Gasteiger charge is -2.38. The molecule has 4 aliphatic heterocycles. The van der Waals surface area contributed by atoms with Crippen LogP contribution in [-0.4, -0.2) is 108 Å². The maximum absolute atomic E-state index is 15.1. The average molecular weight is 887 g/mol. The smallest absolute Gasteiger partial charge is 0.292 e. The van der Waals surface area contributed by atoms with Crippen LogP contribution in [0.2, 0.25) is 0 Å². The summed E-state index contributed by atoms with van der Waals surface area (Å²) in [6, 6.07) is 11.8. The molecule has 1 atom stereocenters. The highest BCUT2D eigenvalue weighted by Gasteiger charge is 2.45. The molecule has 5 amide bonds. The minimum Gasteiger partial charge on any atom is -0.371 e. The molecule has 338 valence electrons. The number of imide groups is 2. The fraction of sp³-hybridized carbons (Fsp3) is 0.435. The Morgan fingerprint density at radius 1 is 0.923 bits per heavy atom. The average Bonchev–Trinajstić information content (AvgIpc) is 4.04. The first-order valence-electron chi connectivity index (χ1n) is 22.1. The lowest BCUT2D eigenvalue weighted by atomic mass is 9.94. The molecule has 4 aliphatic rings. The van der Waals surface area contributed by atoms with Gasteiger partial charge >= 0.3 is 0 Å². The van der Waals surface area contributed by atoms with E-state index in [0.29, 0.717) is 28.8 Å². The second-order valence-electron chi connectivity index (χ2n) is 18.3. The number of piperidine rings is 3. The lowest BCUT2D eigenvalue weighted by Crippen LogP contribution is -2.54. The molecule has 3 saturated heterocycles. The van der Waals surface area contributed by atoms with Crippen LogP contribution >= 0.6 is 0 Å². The monoisotopic (exact) mass is 886 g/mol. The Labute approximate surface area is 374 Å². The molecule has 18 nitrogen and oxygen atoms in total. The zero-order chi connectivity index (χ0) is 45.6. The first-order chi connectivity index (χ1) is 31.2. The fourth-order valence-electron chi connectivity index (χ4n) is 9.03. The number of rotatable bonds is 11. The van der Waals surface area contributed by atoms with Crippen molar-refractivity contribution in [3.05, 3.63) is 94.6 Å². The number of nitrogens with one attached hydrogen (secondary N) is 3. The molecular weight excluding hydrogens is 836 g/mol. The Morgan fingerprint density at radius 3 is 2.42 bits per heavy atom. The van der Waals surface area contributed by atoms with Gasteiger partial charge in [-0.15, -0.1) is 0 Å². The molecule has 65 heavy (non-hydrogen) atoms. The summed E-state index contributed by atoms with van der Waals surface area (Å²) in [5.41, 5.74) is 3.46. The molecule has 0 saturated carbocycles. The van der Waals surface area contributed by atoms with Crippen LogP contribution in [0.1, 0.15) is 114 Å². The summed E-state index contributed by atoms with van der Waals surface area (Å²) in [4.78, 5) is 82.0. The van der Waals surface area contributed by atoms with Crippen LogP contribution < -0.4 is 20.9 Å². The van der Waals surface area contributed by atoms with Crippen LogP contribution in [0.25, 0.3) is 11.3 Å². The van der Waals surface area contributed by atoms with Gasteiger partial charge in [0.1, 0.15) is 11.7 Å². The maximum atomic E-state index is 15.1. The summed E-state index contributed by atoms with van der Waals surface area (Å²) in [5, 5.41) is 16.8. The Kier molecular flexibility index (Phi) is 11.7. The van der Waals surface area contributed by atoms with E-state index in [1.165, 1.54) is 0 Å². The summed E-state index contributed by atoms with van der Waals surface area (Å²) < 4.78 is 22.3. The van der Waals surface area contributed by atoms with E-state index < -0.39 is 41.4 Å². The Balaban J connectivity index is 0.737. The van der Waals surface area contributed by atoms with E-state index in [-0.39, 0.29) is 53.9 Å². The molecule has 7 heterocycles. The quantitative estimate of drug-likeness (QED) is 0.147. The standard InChI is InChI=1S/C46H51FN12O6/c1-26-21-28(5-6-29(26)23-48-41(62)39-53-44(65-55-39)46(2,3)4)38-34(47)24-49-45(52-38)50-36-15-20-58(54-36)30-13-16-56(17-14-30)25-27-11-18-57(19-12-27)31-7-8-32-33(22-31)43(64)59(42(32)63)35-9-10-37(60)51-40(35)61/h5-8,15,20-22,24,27,30,35H,9-14,16-19,23,25H2,1-4H3,(H,48,62)(H,51,60,61)(H,49,50,52,54). The van der Waals surface area contributed by atoms with Crippen molar-refractivity contribution in [2.45, 2.75) is 90.3 Å². The summed E-state index contributed by atoms with van der Waals surface area (Å²) in [7, 11) is 0. The van der Waals surface area contributed by atoms with E-state index in [9.17, 15) is 24.0 Å². The van der Waals surface area contributed by atoms with Gasteiger partial charge in [0, 0.05) is 74.6 Å². The largest absolute Gasteiger partial charge is 0.371 e. The molecule has 2 aromatic carbocycles. The number of hydrogen-bond donors (Lipinski definition) is 3. The number of nitrogens with zero attached hydrogens (tertiary/aromatic N) is 9. The van der Waals surface area contributed by atoms with Crippen LogP contribution in [0.5, 0.6) is 0 Å². The summed E-state index contributed by atoms with van der Waals surface area (Å²) in [6.45, 7) is 12.4. The normalized spacial score (nSPS) is 18.9. The SMILES string of the molecule is Cc1cc(-c2nc(Nc3ccn(C4CCN(CC5CCN(c6ccc7c(c6)C(=O)N(C6CCC(=O)NC6=O)C7=O)CC5)CC4)n3)ncc2F)ccc1CNC(=O)c1noc(C(C)(C)C)n1. The van der Waals surface area contributed by atoms with E-state index in [1.54, 1.807) is 18.2 Å². The van der Waals surface area contributed by atoms with Crippen molar-refractivity contribution in [3.8, 4) is 11.3 Å². The van der Waals surface area contributed by atoms with E-state index in [0.717, 1.165) is 86.3 Å². The molecule has 0 bridgehead atoms. The van der Waals surface area contributed by atoms with E-state index in [1.807, 2.05) is 62.8 Å². The van der Waals surface area contributed by atoms with Crippen LogP contribution in [0.4, 0.5) is 21.8 Å². The third kappa shape index (κ3) is 9.09. The molecule has 0 aliphatic carbocycles. The van der Waals surface area contributed by atoms with Crippen molar-refractivity contribution in [1.82, 2.24) is 50.3 Å².